The Morgan fingerprint density at radius 1 is 1.27 bits per heavy atom. The predicted molar refractivity (Wildman–Crippen MR) is 92.6 cm³/mol. The fourth-order valence-corrected chi connectivity index (χ4v) is 5.77. The summed E-state index contributed by atoms with van der Waals surface area (Å²) >= 11 is 0. The predicted octanol–water partition coefficient (Wildman–Crippen LogP) is 5.71. The second-order valence-corrected chi connectivity index (χ2v) is 8.79. The number of hydrogen-bond acceptors (Lipinski definition) is 1. The summed E-state index contributed by atoms with van der Waals surface area (Å²) in [5, 5.41) is 0. The van der Waals surface area contributed by atoms with Crippen molar-refractivity contribution in [3.8, 4) is 0 Å². The summed E-state index contributed by atoms with van der Waals surface area (Å²) in [6, 6.07) is 0. The third-order valence-electron chi connectivity index (χ3n) is 7.38. The van der Waals surface area contributed by atoms with Crippen LogP contribution in [0.2, 0.25) is 0 Å². The number of ketones is 1. The molecule has 3 aliphatic carbocycles. The van der Waals surface area contributed by atoms with E-state index in [4.69, 9.17) is 0 Å². The first-order valence-corrected chi connectivity index (χ1v) is 9.20. The molecule has 4 atom stereocenters. The molecule has 122 valence electrons. The van der Waals surface area contributed by atoms with Crippen LogP contribution in [-0.4, -0.2) is 5.78 Å². The minimum absolute atomic E-state index is 0.100. The normalized spacial score (nSPS) is 41.4. The lowest BCUT2D eigenvalue weighted by Crippen LogP contribution is -2.52. The second kappa shape index (κ2) is 5.35. The van der Waals surface area contributed by atoms with Crippen molar-refractivity contribution < 1.29 is 4.79 Å². The number of carbonyl (C=O) groups is 1. The van der Waals surface area contributed by atoms with E-state index in [-0.39, 0.29) is 5.41 Å². The van der Waals surface area contributed by atoms with Crippen molar-refractivity contribution in [3.05, 3.63) is 23.3 Å². The molecule has 0 saturated heterocycles. The third kappa shape index (κ3) is 2.23. The molecule has 0 unspecified atom stereocenters. The van der Waals surface area contributed by atoms with Crippen molar-refractivity contribution >= 4 is 5.78 Å². The van der Waals surface area contributed by atoms with E-state index in [0.29, 0.717) is 29.0 Å². The quantitative estimate of drug-likeness (QED) is 0.638. The first kappa shape index (κ1) is 16.0. The van der Waals surface area contributed by atoms with Gasteiger partial charge in [-0.3, -0.25) is 4.79 Å². The molecule has 0 aromatic carbocycles. The maximum atomic E-state index is 12.4. The summed E-state index contributed by atoms with van der Waals surface area (Å²) in [7, 11) is 0. The molecule has 1 saturated carbocycles. The Morgan fingerprint density at radius 3 is 2.64 bits per heavy atom. The van der Waals surface area contributed by atoms with Crippen LogP contribution in [0.15, 0.2) is 23.3 Å². The average molecular weight is 300 g/mol. The molecule has 0 amide bonds. The van der Waals surface area contributed by atoms with Gasteiger partial charge in [-0.15, -0.1) is 0 Å². The largest absolute Gasteiger partial charge is 0.299 e. The molecule has 0 spiro atoms. The molecular weight excluding hydrogens is 268 g/mol. The van der Waals surface area contributed by atoms with Crippen molar-refractivity contribution in [2.24, 2.45) is 28.6 Å². The third-order valence-corrected chi connectivity index (χ3v) is 7.38. The standard InChI is InChI=1S/C21H32O/c1-14(2)16-7-9-18-17(13-16)8-10-19-20(4,15(3)22)11-6-12-21(18,19)5/h8,13-14,18-19H,6-7,9-12H2,1-5H3/t18-,19-,20-,21+/m0/s1. The van der Waals surface area contributed by atoms with Crippen LogP contribution in [0.4, 0.5) is 0 Å². The van der Waals surface area contributed by atoms with Gasteiger partial charge in [0, 0.05) is 5.41 Å². The van der Waals surface area contributed by atoms with Gasteiger partial charge in [0.2, 0.25) is 0 Å². The van der Waals surface area contributed by atoms with Crippen LogP contribution < -0.4 is 0 Å². The summed E-state index contributed by atoms with van der Waals surface area (Å²) in [6.07, 6.45) is 12.2. The van der Waals surface area contributed by atoms with Crippen LogP contribution in [0.1, 0.15) is 73.1 Å². The highest BCUT2D eigenvalue weighted by Crippen LogP contribution is 2.62. The Balaban J connectivity index is 2.00. The summed E-state index contributed by atoms with van der Waals surface area (Å²) in [6.45, 7) is 11.2. The van der Waals surface area contributed by atoms with Crippen molar-refractivity contribution in [2.75, 3.05) is 0 Å². The zero-order valence-electron chi connectivity index (χ0n) is 15.0. The topological polar surface area (TPSA) is 17.1 Å². The molecule has 0 radical (unpaired) electrons. The van der Waals surface area contributed by atoms with Crippen molar-refractivity contribution in [1.29, 1.82) is 0 Å². The first-order chi connectivity index (χ1) is 10.3. The van der Waals surface area contributed by atoms with Gasteiger partial charge in [0.1, 0.15) is 5.78 Å². The van der Waals surface area contributed by atoms with Gasteiger partial charge in [-0.2, -0.15) is 0 Å². The maximum absolute atomic E-state index is 12.4. The number of hydrogen-bond donors (Lipinski definition) is 0. The van der Waals surface area contributed by atoms with Crippen LogP contribution in [0.5, 0.6) is 0 Å². The SMILES string of the molecule is CC(=O)[C@]1(C)CCC[C@@]2(C)[C@H]1CC=C1C=C(C(C)C)CC[C@@H]12. The van der Waals surface area contributed by atoms with E-state index < -0.39 is 0 Å². The lowest BCUT2D eigenvalue weighted by atomic mass is 9.46. The van der Waals surface area contributed by atoms with Crippen LogP contribution in [0.25, 0.3) is 0 Å². The zero-order chi connectivity index (χ0) is 16.1. The van der Waals surface area contributed by atoms with E-state index in [1.807, 2.05) is 6.92 Å². The number of rotatable bonds is 2. The number of Topliss-reactive ketones (excluding diaryl/α,β-unsaturated/α-hetero) is 1. The molecular formula is C21H32O. The summed E-state index contributed by atoms with van der Waals surface area (Å²) < 4.78 is 0. The zero-order valence-corrected chi connectivity index (χ0v) is 15.0. The Kier molecular flexibility index (Phi) is 3.90. The smallest absolute Gasteiger partial charge is 0.135 e. The van der Waals surface area contributed by atoms with Gasteiger partial charge in [0.05, 0.1) is 0 Å². The van der Waals surface area contributed by atoms with Crippen LogP contribution >= 0.6 is 0 Å². The Bertz CT molecular complexity index is 538. The summed E-state index contributed by atoms with van der Waals surface area (Å²) in [4.78, 5) is 12.4. The van der Waals surface area contributed by atoms with Crippen LogP contribution in [-0.2, 0) is 4.79 Å². The minimum atomic E-state index is -0.100. The molecule has 0 bridgehead atoms. The lowest BCUT2D eigenvalue weighted by molar-refractivity contribution is -0.139. The Hall–Kier alpha value is -0.850. The molecule has 3 aliphatic rings. The van der Waals surface area contributed by atoms with Gasteiger partial charge in [0.25, 0.3) is 0 Å². The molecule has 1 fully saturated rings. The molecule has 0 aromatic heterocycles. The molecule has 0 N–H and O–H groups in total. The molecule has 0 heterocycles. The van der Waals surface area contributed by atoms with Gasteiger partial charge in [-0.05, 0) is 67.8 Å². The highest BCUT2D eigenvalue weighted by molar-refractivity contribution is 5.82. The number of fused-ring (bicyclic) bond motifs is 3. The Morgan fingerprint density at radius 2 is 2.00 bits per heavy atom. The van der Waals surface area contributed by atoms with E-state index in [0.717, 1.165) is 12.8 Å². The summed E-state index contributed by atoms with van der Waals surface area (Å²) in [5.41, 5.74) is 3.43. The van der Waals surface area contributed by atoms with Gasteiger partial charge in [-0.25, -0.2) is 0 Å². The van der Waals surface area contributed by atoms with Crippen LogP contribution in [0.3, 0.4) is 0 Å². The molecule has 1 heteroatoms. The maximum Gasteiger partial charge on any atom is 0.135 e. The second-order valence-electron chi connectivity index (χ2n) is 8.79. The van der Waals surface area contributed by atoms with Gasteiger partial charge in [-0.1, -0.05) is 51.8 Å². The van der Waals surface area contributed by atoms with Gasteiger partial charge in [0.15, 0.2) is 0 Å². The van der Waals surface area contributed by atoms with Gasteiger partial charge >= 0.3 is 0 Å². The fraction of sp³-hybridized carbons (Fsp3) is 0.762. The van der Waals surface area contributed by atoms with E-state index in [9.17, 15) is 4.79 Å². The number of allylic oxidation sites excluding steroid dienone is 4. The molecule has 22 heavy (non-hydrogen) atoms. The van der Waals surface area contributed by atoms with E-state index in [2.05, 4.69) is 39.8 Å². The van der Waals surface area contributed by atoms with E-state index in [1.165, 1.54) is 25.7 Å². The lowest BCUT2D eigenvalue weighted by Gasteiger charge is -2.57. The van der Waals surface area contributed by atoms with E-state index >= 15 is 0 Å². The first-order valence-electron chi connectivity index (χ1n) is 9.20. The molecule has 1 nitrogen and oxygen atoms in total. The van der Waals surface area contributed by atoms with E-state index in [1.54, 1.807) is 11.1 Å². The molecule has 3 rings (SSSR count). The summed E-state index contributed by atoms with van der Waals surface area (Å²) in [5.74, 6) is 2.29. The fourth-order valence-electron chi connectivity index (χ4n) is 5.77. The molecule has 0 aliphatic heterocycles. The van der Waals surface area contributed by atoms with Crippen molar-refractivity contribution in [2.45, 2.75) is 73.1 Å². The average Bonchev–Trinajstić information content (AvgIpc) is 2.46. The van der Waals surface area contributed by atoms with Gasteiger partial charge < -0.3 is 0 Å². The number of carbonyl (C=O) groups excluding carboxylic acids is 1. The Labute approximate surface area is 136 Å². The van der Waals surface area contributed by atoms with Crippen molar-refractivity contribution in [1.82, 2.24) is 0 Å². The molecule has 0 aromatic rings. The minimum Gasteiger partial charge on any atom is -0.299 e. The van der Waals surface area contributed by atoms with Crippen molar-refractivity contribution in [3.63, 3.8) is 0 Å². The highest BCUT2D eigenvalue weighted by atomic mass is 16.1. The monoisotopic (exact) mass is 300 g/mol. The highest BCUT2D eigenvalue weighted by Gasteiger charge is 2.55. The van der Waals surface area contributed by atoms with Crippen LogP contribution in [0, 0.1) is 28.6 Å².